The first-order chi connectivity index (χ1) is 8.03. The lowest BCUT2D eigenvalue weighted by Gasteiger charge is -2.25. The minimum Gasteiger partial charge on any atom is -0.480 e. The summed E-state index contributed by atoms with van der Waals surface area (Å²) < 4.78 is 0. The van der Waals surface area contributed by atoms with Crippen LogP contribution in [0.2, 0.25) is 0 Å². The van der Waals surface area contributed by atoms with Gasteiger partial charge in [-0.3, -0.25) is 14.7 Å². The highest BCUT2D eigenvalue weighted by molar-refractivity contribution is 5.79. The molecule has 2 atom stereocenters. The maximum Gasteiger partial charge on any atom is 0.325 e. The van der Waals surface area contributed by atoms with Crippen molar-refractivity contribution < 1.29 is 9.90 Å². The molecule has 1 aromatic rings. The number of aromatic nitrogens is 1. The monoisotopic (exact) mass is 235 g/mol. The zero-order valence-corrected chi connectivity index (χ0v) is 9.84. The van der Waals surface area contributed by atoms with E-state index in [2.05, 4.69) is 9.88 Å². The molecule has 0 amide bonds. The second kappa shape index (κ2) is 4.43. The van der Waals surface area contributed by atoms with Gasteiger partial charge in [0.1, 0.15) is 5.54 Å². The van der Waals surface area contributed by atoms with Crippen LogP contribution in [0.4, 0.5) is 0 Å². The van der Waals surface area contributed by atoms with Crippen LogP contribution in [0.3, 0.4) is 0 Å². The van der Waals surface area contributed by atoms with Crippen molar-refractivity contribution in [3.05, 3.63) is 30.1 Å². The predicted molar refractivity (Wildman–Crippen MR) is 63.4 cm³/mol. The van der Waals surface area contributed by atoms with Gasteiger partial charge in [-0.2, -0.15) is 0 Å². The maximum absolute atomic E-state index is 11.1. The molecule has 1 saturated heterocycles. The van der Waals surface area contributed by atoms with Gasteiger partial charge in [0.15, 0.2) is 0 Å². The van der Waals surface area contributed by atoms with Crippen LogP contribution in [0.25, 0.3) is 0 Å². The van der Waals surface area contributed by atoms with Crippen molar-refractivity contribution >= 4 is 5.97 Å². The number of hydrogen-bond acceptors (Lipinski definition) is 4. The number of pyridine rings is 1. The molecule has 5 nitrogen and oxygen atoms in total. The first-order valence-electron chi connectivity index (χ1n) is 5.69. The van der Waals surface area contributed by atoms with Crippen molar-refractivity contribution in [1.82, 2.24) is 9.88 Å². The molecule has 0 aromatic carbocycles. The number of carboxylic acid groups (broad SMARTS) is 1. The maximum atomic E-state index is 11.1. The average Bonchev–Trinajstić information content (AvgIpc) is 2.74. The molecule has 1 fully saturated rings. The molecule has 1 aliphatic heterocycles. The van der Waals surface area contributed by atoms with Crippen LogP contribution in [0.5, 0.6) is 0 Å². The molecule has 0 bridgehead atoms. The largest absolute Gasteiger partial charge is 0.480 e. The summed E-state index contributed by atoms with van der Waals surface area (Å²) in [5.74, 6) is -0.918. The average molecular weight is 235 g/mol. The Kier molecular flexibility index (Phi) is 3.13. The fourth-order valence-electron chi connectivity index (χ4n) is 2.20. The summed E-state index contributed by atoms with van der Waals surface area (Å²) in [6.45, 7) is 3.14. The van der Waals surface area contributed by atoms with E-state index in [1.807, 2.05) is 25.3 Å². The Balaban J connectivity index is 2.09. The van der Waals surface area contributed by atoms with Crippen LogP contribution in [0.1, 0.15) is 24.9 Å². The van der Waals surface area contributed by atoms with E-state index in [-0.39, 0.29) is 6.04 Å². The molecule has 0 aliphatic carbocycles. The number of hydrogen-bond donors (Lipinski definition) is 2. The van der Waals surface area contributed by atoms with Crippen LogP contribution in [-0.2, 0) is 4.79 Å². The lowest BCUT2D eigenvalue weighted by molar-refractivity contribution is -0.142. The van der Waals surface area contributed by atoms with Crippen LogP contribution in [0.15, 0.2) is 24.5 Å². The summed E-state index contributed by atoms with van der Waals surface area (Å²) in [7, 11) is 0. The van der Waals surface area contributed by atoms with Crippen molar-refractivity contribution in [3.8, 4) is 0 Å². The molecular weight excluding hydrogens is 218 g/mol. The summed E-state index contributed by atoms with van der Waals surface area (Å²) in [6.07, 6.45) is 4.03. The van der Waals surface area contributed by atoms with Crippen molar-refractivity contribution in [2.45, 2.75) is 24.9 Å². The Morgan fingerprint density at radius 1 is 1.71 bits per heavy atom. The van der Waals surface area contributed by atoms with Crippen molar-refractivity contribution in [1.29, 1.82) is 0 Å². The third kappa shape index (κ3) is 2.30. The van der Waals surface area contributed by atoms with Gasteiger partial charge in [-0.15, -0.1) is 0 Å². The molecule has 17 heavy (non-hydrogen) atoms. The Morgan fingerprint density at radius 2 is 2.47 bits per heavy atom. The fourth-order valence-corrected chi connectivity index (χ4v) is 2.20. The summed E-state index contributed by atoms with van der Waals surface area (Å²) >= 11 is 0. The Labute approximate surface area is 100 Å². The zero-order valence-electron chi connectivity index (χ0n) is 9.84. The minimum atomic E-state index is -1.10. The Bertz CT molecular complexity index is 409. The molecule has 2 heterocycles. The van der Waals surface area contributed by atoms with E-state index >= 15 is 0 Å². The van der Waals surface area contributed by atoms with E-state index in [1.165, 1.54) is 0 Å². The summed E-state index contributed by atoms with van der Waals surface area (Å²) in [5.41, 5.74) is 5.84. The van der Waals surface area contributed by atoms with E-state index in [0.29, 0.717) is 19.5 Å². The van der Waals surface area contributed by atoms with Gasteiger partial charge in [-0.1, -0.05) is 6.07 Å². The SMILES string of the molecule is CC(c1cccnc1)N1CCC(N)(C(=O)O)C1. The Hall–Kier alpha value is -1.46. The summed E-state index contributed by atoms with van der Waals surface area (Å²) in [6, 6.07) is 4.03. The third-order valence-corrected chi connectivity index (χ3v) is 3.47. The van der Waals surface area contributed by atoms with Crippen LogP contribution in [-0.4, -0.2) is 39.6 Å². The second-order valence-corrected chi connectivity index (χ2v) is 4.64. The van der Waals surface area contributed by atoms with E-state index in [0.717, 1.165) is 5.56 Å². The normalized spacial score (nSPS) is 26.9. The van der Waals surface area contributed by atoms with Crippen LogP contribution >= 0.6 is 0 Å². The van der Waals surface area contributed by atoms with Crippen LogP contribution in [0, 0.1) is 0 Å². The molecule has 2 unspecified atom stereocenters. The Morgan fingerprint density at radius 3 is 3.00 bits per heavy atom. The van der Waals surface area contributed by atoms with E-state index in [9.17, 15) is 4.79 Å². The molecule has 2 rings (SSSR count). The highest BCUT2D eigenvalue weighted by atomic mass is 16.4. The van der Waals surface area contributed by atoms with Gasteiger partial charge in [0.2, 0.25) is 0 Å². The molecule has 0 spiro atoms. The van der Waals surface area contributed by atoms with E-state index in [1.54, 1.807) is 6.20 Å². The standard InChI is InChI=1S/C12H17N3O2/c1-9(10-3-2-5-14-7-10)15-6-4-12(13,8-15)11(16)17/h2-3,5,7,9H,4,6,8,13H2,1H3,(H,16,17). The number of rotatable bonds is 3. The minimum absolute atomic E-state index is 0.147. The molecular formula is C12H17N3O2. The third-order valence-electron chi connectivity index (χ3n) is 3.47. The second-order valence-electron chi connectivity index (χ2n) is 4.64. The lowest BCUT2D eigenvalue weighted by Crippen LogP contribution is -2.50. The van der Waals surface area contributed by atoms with Crippen molar-refractivity contribution in [3.63, 3.8) is 0 Å². The van der Waals surface area contributed by atoms with Gasteiger partial charge < -0.3 is 10.8 Å². The first kappa shape index (κ1) is 12.0. The van der Waals surface area contributed by atoms with Crippen LogP contribution < -0.4 is 5.73 Å². The molecule has 5 heteroatoms. The number of likely N-dealkylation sites (tertiary alicyclic amines) is 1. The smallest absolute Gasteiger partial charge is 0.325 e. The fraction of sp³-hybridized carbons (Fsp3) is 0.500. The molecule has 0 saturated carbocycles. The summed E-state index contributed by atoms with van der Waals surface area (Å²) in [4.78, 5) is 17.2. The summed E-state index contributed by atoms with van der Waals surface area (Å²) in [5, 5.41) is 9.08. The van der Waals surface area contributed by atoms with E-state index < -0.39 is 11.5 Å². The highest BCUT2D eigenvalue weighted by Crippen LogP contribution is 2.28. The number of carbonyl (C=O) groups is 1. The molecule has 92 valence electrons. The quantitative estimate of drug-likeness (QED) is 0.803. The van der Waals surface area contributed by atoms with Gasteiger partial charge in [0.25, 0.3) is 0 Å². The number of aliphatic carboxylic acids is 1. The molecule has 1 aliphatic rings. The molecule has 1 aromatic heterocycles. The van der Waals surface area contributed by atoms with Gasteiger partial charge in [-0.25, -0.2) is 0 Å². The van der Waals surface area contributed by atoms with Crippen molar-refractivity contribution in [2.24, 2.45) is 5.73 Å². The van der Waals surface area contributed by atoms with Gasteiger partial charge in [-0.05, 0) is 25.0 Å². The zero-order chi connectivity index (χ0) is 12.5. The molecule has 3 N–H and O–H groups in total. The van der Waals surface area contributed by atoms with Gasteiger partial charge in [0, 0.05) is 31.5 Å². The van der Waals surface area contributed by atoms with Gasteiger partial charge in [0.05, 0.1) is 0 Å². The highest BCUT2D eigenvalue weighted by Gasteiger charge is 2.42. The first-order valence-corrected chi connectivity index (χ1v) is 5.69. The predicted octanol–water partition coefficient (Wildman–Crippen LogP) is 0.630. The van der Waals surface area contributed by atoms with Crippen molar-refractivity contribution in [2.75, 3.05) is 13.1 Å². The topological polar surface area (TPSA) is 79.5 Å². The number of nitrogens with two attached hydrogens (primary N) is 1. The number of carboxylic acids is 1. The van der Waals surface area contributed by atoms with E-state index in [4.69, 9.17) is 10.8 Å². The molecule has 0 radical (unpaired) electrons. The lowest BCUT2D eigenvalue weighted by atomic mass is 10.0. The number of nitrogens with zero attached hydrogens (tertiary/aromatic N) is 2. The van der Waals surface area contributed by atoms with Gasteiger partial charge >= 0.3 is 5.97 Å².